The molecule has 1 aromatic rings. The number of fused-ring (bicyclic) bond motifs is 1. The fourth-order valence-corrected chi connectivity index (χ4v) is 2.88. The maximum Gasteiger partial charge on any atom is 0.449 e. The molecule has 3 nitrogen and oxygen atoms in total. The zero-order chi connectivity index (χ0) is 12.9. The maximum absolute atomic E-state index is 13.1. The van der Waals surface area contributed by atoms with Crippen LogP contribution in [0.5, 0.6) is 0 Å². The minimum atomic E-state index is -4.35. The Kier molecular flexibility index (Phi) is 2.66. The molecule has 0 amide bonds. The highest BCUT2D eigenvalue weighted by Crippen LogP contribution is 2.49. The Morgan fingerprint density at radius 2 is 2.22 bits per heavy atom. The van der Waals surface area contributed by atoms with Crippen molar-refractivity contribution in [2.45, 2.75) is 44.9 Å². The van der Waals surface area contributed by atoms with Gasteiger partial charge in [0.25, 0.3) is 0 Å². The fraction of sp³-hybridized carbons (Fsp3) is 0.750. The number of rotatable bonds is 2. The molecule has 2 heterocycles. The Morgan fingerprint density at radius 3 is 2.83 bits per heavy atom. The van der Waals surface area contributed by atoms with Gasteiger partial charge in [-0.25, -0.2) is 4.98 Å². The van der Waals surface area contributed by atoms with Crippen LogP contribution in [-0.2, 0) is 19.1 Å². The van der Waals surface area contributed by atoms with Gasteiger partial charge in [-0.05, 0) is 12.3 Å². The van der Waals surface area contributed by atoms with Crippen molar-refractivity contribution in [2.24, 2.45) is 5.92 Å². The van der Waals surface area contributed by atoms with E-state index in [9.17, 15) is 13.2 Å². The first kappa shape index (κ1) is 12.0. The van der Waals surface area contributed by atoms with Crippen molar-refractivity contribution >= 4 is 0 Å². The van der Waals surface area contributed by atoms with E-state index in [2.05, 4.69) is 10.3 Å². The van der Waals surface area contributed by atoms with Crippen molar-refractivity contribution in [1.29, 1.82) is 0 Å². The van der Waals surface area contributed by atoms with E-state index in [0.717, 1.165) is 25.1 Å². The molecule has 1 fully saturated rings. The van der Waals surface area contributed by atoms with E-state index in [-0.39, 0.29) is 6.04 Å². The van der Waals surface area contributed by atoms with Gasteiger partial charge in [-0.2, -0.15) is 13.2 Å². The zero-order valence-electron chi connectivity index (χ0n) is 10.2. The van der Waals surface area contributed by atoms with Crippen molar-refractivity contribution in [3.05, 3.63) is 17.2 Å². The summed E-state index contributed by atoms with van der Waals surface area (Å²) in [6.45, 7) is 3.22. The van der Waals surface area contributed by atoms with Crippen LogP contribution in [0.1, 0.15) is 43.0 Å². The van der Waals surface area contributed by atoms with E-state index in [4.69, 9.17) is 0 Å². The number of nitrogens with one attached hydrogen (secondary N) is 1. The highest BCUT2D eigenvalue weighted by molar-refractivity contribution is 5.24. The number of imidazole rings is 1. The molecule has 1 aliphatic heterocycles. The van der Waals surface area contributed by atoms with Crippen molar-refractivity contribution in [3.8, 4) is 0 Å². The number of aromatic nitrogens is 2. The van der Waals surface area contributed by atoms with Gasteiger partial charge in [0, 0.05) is 31.2 Å². The standard InChI is InChI=1S/C12H16F3N3/c1-2-7-5-10(7)18-9-3-4-16-6-8(9)17-11(18)12(13,14)15/h7,10,16H,2-6H2,1H3. The summed E-state index contributed by atoms with van der Waals surface area (Å²) >= 11 is 0. The maximum atomic E-state index is 13.1. The molecule has 1 saturated carbocycles. The average Bonchev–Trinajstić information content (AvgIpc) is 2.99. The molecule has 2 atom stereocenters. The number of halogens is 3. The third-order valence-electron chi connectivity index (χ3n) is 3.92. The van der Waals surface area contributed by atoms with E-state index < -0.39 is 12.0 Å². The Balaban J connectivity index is 2.06. The van der Waals surface area contributed by atoms with Gasteiger partial charge in [0.05, 0.1) is 5.69 Å². The SMILES string of the molecule is CCC1CC1n1c(C(F)(F)F)nc2c1CCNC2. The van der Waals surface area contributed by atoms with Crippen LogP contribution in [-0.4, -0.2) is 16.1 Å². The molecule has 0 saturated heterocycles. The Hall–Kier alpha value is -1.04. The molecule has 0 spiro atoms. The molecule has 2 unspecified atom stereocenters. The first-order chi connectivity index (χ1) is 8.52. The van der Waals surface area contributed by atoms with E-state index >= 15 is 0 Å². The predicted molar refractivity (Wildman–Crippen MR) is 60.1 cm³/mol. The molecule has 0 radical (unpaired) electrons. The van der Waals surface area contributed by atoms with Crippen molar-refractivity contribution in [3.63, 3.8) is 0 Å². The second-order valence-corrected chi connectivity index (χ2v) is 5.09. The van der Waals surface area contributed by atoms with E-state index in [1.54, 1.807) is 0 Å². The molecule has 3 rings (SSSR count). The summed E-state index contributed by atoms with van der Waals surface area (Å²) in [5.41, 5.74) is 1.37. The van der Waals surface area contributed by atoms with E-state index in [1.807, 2.05) is 6.92 Å². The van der Waals surface area contributed by atoms with Crippen molar-refractivity contribution < 1.29 is 13.2 Å². The summed E-state index contributed by atoms with van der Waals surface area (Å²) in [6.07, 6.45) is -1.91. The van der Waals surface area contributed by atoms with Gasteiger partial charge in [-0.3, -0.25) is 0 Å². The minimum absolute atomic E-state index is 0.0148. The topological polar surface area (TPSA) is 29.9 Å². The van der Waals surface area contributed by atoms with Crippen molar-refractivity contribution in [1.82, 2.24) is 14.9 Å². The lowest BCUT2D eigenvalue weighted by atomic mass is 10.2. The predicted octanol–water partition coefficient (Wildman–Crippen LogP) is 2.52. The van der Waals surface area contributed by atoms with Gasteiger partial charge < -0.3 is 9.88 Å². The molecular weight excluding hydrogens is 243 g/mol. The smallest absolute Gasteiger partial charge is 0.321 e. The highest BCUT2D eigenvalue weighted by Gasteiger charge is 2.46. The van der Waals surface area contributed by atoms with Gasteiger partial charge in [-0.15, -0.1) is 0 Å². The first-order valence-corrected chi connectivity index (χ1v) is 6.40. The highest BCUT2D eigenvalue weighted by atomic mass is 19.4. The van der Waals surface area contributed by atoms with Gasteiger partial charge in [-0.1, -0.05) is 13.3 Å². The molecule has 1 aliphatic carbocycles. The summed E-state index contributed by atoms with van der Waals surface area (Å²) in [5.74, 6) is -0.309. The average molecular weight is 259 g/mol. The van der Waals surface area contributed by atoms with Crippen LogP contribution in [0.3, 0.4) is 0 Å². The number of hydrogen-bond acceptors (Lipinski definition) is 2. The molecule has 0 aromatic carbocycles. The largest absolute Gasteiger partial charge is 0.449 e. The second kappa shape index (κ2) is 3.98. The van der Waals surface area contributed by atoms with Crippen LogP contribution in [0.25, 0.3) is 0 Å². The summed E-state index contributed by atoms with van der Waals surface area (Å²) in [4.78, 5) is 3.83. The molecule has 18 heavy (non-hydrogen) atoms. The third-order valence-corrected chi connectivity index (χ3v) is 3.92. The molecule has 6 heteroatoms. The summed E-state index contributed by atoms with van der Waals surface area (Å²) < 4.78 is 40.6. The van der Waals surface area contributed by atoms with Gasteiger partial charge >= 0.3 is 6.18 Å². The monoisotopic (exact) mass is 259 g/mol. The fourth-order valence-electron chi connectivity index (χ4n) is 2.88. The van der Waals surface area contributed by atoms with Crippen LogP contribution in [0.4, 0.5) is 13.2 Å². The van der Waals surface area contributed by atoms with Crippen molar-refractivity contribution in [2.75, 3.05) is 6.54 Å². The van der Waals surface area contributed by atoms with Crippen LogP contribution in [0.15, 0.2) is 0 Å². The number of alkyl halides is 3. The first-order valence-electron chi connectivity index (χ1n) is 6.40. The zero-order valence-corrected chi connectivity index (χ0v) is 10.2. The molecule has 1 N–H and O–H groups in total. The lowest BCUT2D eigenvalue weighted by molar-refractivity contribution is -0.147. The Morgan fingerprint density at radius 1 is 1.44 bits per heavy atom. The van der Waals surface area contributed by atoms with Crippen LogP contribution in [0, 0.1) is 5.92 Å². The van der Waals surface area contributed by atoms with Gasteiger partial charge in [0.1, 0.15) is 0 Å². The molecule has 2 aliphatic rings. The molecule has 1 aromatic heterocycles. The van der Waals surface area contributed by atoms with Gasteiger partial charge in [0.15, 0.2) is 0 Å². The number of nitrogens with zero attached hydrogens (tertiary/aromatic N) is 2. The molecular formula is C12H16F3N3. The minimum Gasteiger partial charge on any atom is -0.321 e. The third kappa shape index (κ3) is 1.83. The Labute approximate surface area is 103 Å². The lowest BCUT2D eigenvalue weighted by Gasteiger charge is -2.17. The second-order valence-electron chi connectivity index (χ2n) is 5.09. The summed E-state index contributed by atoms with van der Waals surface area (Å²) in [6, 6.07) is 0.0148. The van der Waals surface area contributed by atoms with Gasteiger partial charge in [0.2, 0.25) is 5.82 Å². The quantitative estimate of drug-likeness (QED) is 0.884. The summed E-state index contributed by atoms with van der Waals surface area (Å²) in [7, 11) is 0. The molecule has 0 bridgehead atoms. The lowest BCUT2D eigenvalue weighted by Crippen LogP contribution is -2.25. The van der Waals surface area contributed by atoms with E-state index in [0.29, 0.717) is 24.6 Å². The van der Waals surface area contributed by atoms with Crippen LogP contribution >= 0.6 is 0 Å². The normalized spacial score (nSPS) is 27.1. The molecule has 100 valence electrons. The number of hydrogen-bond donors (Lipinski definition) is 1. The van der Waals surface area contributed by atoms with Crippen LogP contribution in [0.2, 0.25) is 0 Å². The van der Waals surface area contributed by atoms with E-state index in [1.165, 1.54) is 4.57 Å². The van der Waals surface area contributed by atoms with Crippen LogP contribution < -0.4 is 5.32 Å². The Bertz CT molecular complexity index is 464. The summed E-state index contributed by atoms with van der Waals surface area (Å²) in [5, 5.41) is 3.07.